The van der Waals surface area contributed by atoms with Crippen molar-refractivity contribution in [2.24, 2.45) is 5.92 Å². The molecule has 1 aliphatic heterocycles. The molecule has 3 rings (SSSR count). The Morgan fingerprint density at radius 3 is 2.52 bits per heavy atom. The number of carbonyl (C=O) groups is 3. The molecule has 0 saturated carbocycles. The Hall–Kier alpha value is -3.06. The molecule has 2 N–H and O–H groups in total. The standard InChI is InChI=1S/C23H25ClN2O5/c1-13-6-14(2)22(15(3)7-13)26-20(27)10-25-21(28)12-31-23(29)17-8-16-9-18(24)4-5-19(16)30-11-17/h4-7,9,17H,8,10-12H2,1-3H3,(H,25,28)(H,26,27). The second-order valence-electron chi connectivity index (χ2n) is 7.67. The topological polar surface area (TPSA) is 93.7 Å². The number of amides is 2. The summed E-state index contributed by atoms with van der Waals surface area (Å²) in [7, 11) is 0. The normalized spacial score (nSPS) is 14.8. The Morgan fingerprint density at radius 1 is 1.10 bits per heavy atom. The minimum atomic E-state index is -0.555. The molecular weight excluding hydrogens is 420 g/mol. The van der Waals surface area contributed by atoms with Gasteiger partial charge < -0.3 is 20.1 Å². The van der Waals surface area contributed by atoms with Gasteiger partial charge in [-0.25, -0.2) is 0 Å². The van der Waals surface area contributed by atoms with Crippen LogP contribution in [0.3, 0.4) is 0 Å². The van der Waals surface area contributed by atoms with E-state index in [2.05, 4.69) is 10.6 Å². The van der Waals surface area contributed by atoms with E-state index < -0.39 is 24.4 Å². The largest absolute Gasteiger partial charge is 0.492 e. The first kappa shape index (κ1) is 22.6. The van der Waals surface area contributed by atoms with E-state index in [1.54, 1.807) is 18.2 Å². The molecule has 1 unspecified atom stereocenters. The van der Waals surface area contributed by atoms with E-state index in [1.807, 2.05) is 32.9 Å². The van der Waals surface area contributed by atoms with Gasteiger partial charge in [-0.1, -0.05) is 29.3 Å². The average molecular weight is 445 g/mol. The highest BCUT2D eigenvalue weighted by Crippen LogP contribution is 2.30. The summed E-state index contributed by atoms with van der Waals surface area (Å²) in [6, 6.07) is 9.18. The first-order valence-electron chi connectivity index (χ1n) is 9.95. The van der Waals surface area contributed by atoms with Crippen LogP contribution >= 0.6 is 11.6 Å². The molecule has 7 nitrogen and oxygen atoms in total. The summed E-state index contributed by atoms with van der Waals surface area (Å²) >= 11 is 5.98. The Bertz CT molecular complexity index is 998. The van der Waals surface area contributed by atoms with Crippen LogP contribution in [0.25, 0.3) is 0 Å². The lowest BCUT2D eigenvalue weighted by Gasteiger charge is -2.24. The molecule has 2 aromatic rings. The number of aryl methyl sites for hydroxylation is 3. The van der Waals surface area contributed by atoms with Crippen LogP contribution in [0.5, 0.6) is 5.75 Å². The number of anilines is 1. The zero-order valence-corrected chi connectivity index (χ0v) is 18.5. The maximum Gasteiger partial charge on any atom is 0.313 e. The van der Waals surface area contributed by atoms with Crippen molar-refractivity contribution in [3.8, 4) is 5.75 Å². The van der Waals surface area contributed by atoms with E-state index in [0.29, 0.717) is 17.2 Å². The highest BCUT2D eigenvalue weighted by molar-refractivity contribution is 6.30. The molecule has 0 fully saturated rings. The molecule has 2 amide bonds. The van der Waals surface area contributed by atoms with E-state index in [9.17, 15) is 14.4 Å². The Kier molecular flexibility index (Phi) is 7.17. The first-order valence-corrected chi connectivity index (χ1v) is 10.3. The molecule has 8 heteroatoms. The molecule has 0 bridgehead atoms. The predicted octanol–water partition coefficient (Wildman–Crippen LogP) is 3.11. The fraction of sp³-hybridized carbons (Fsp3) is 0.348. The number of hydrogen-bond donors (Lipinski definition) is 2. The van der Waals surface area contributed by atoms with Crippen LogP contribution in [0.15, 0.2) is 30.3 Å². The van der Waals surface area contributed by atoms with Gasteiger partial charge in [0.15, 0.2) is 6.61 Å². The van der Waals surface area contributed by atoms with Gasteiger partial charge in [0.05, 0.1) is 12.5 Å². The summed E-state index contributed by atoms with van der Waals surface area (Å²) in [5.41, 5.74) is 4.56. The quantitative estimate of drug-likeness (QED) is 0.668. The van der Waals surface area contributed by atoms with Gasteiger partial charge in [0.25, 0.3) is 5.91 Å². The summed E-state index contributed by atoms with van der Waals surface area (Å²) in [6.45, 7) is 5.30. The Morgan fingerprint density at radius 2 is 1.81 bits per heavy atom. The Labute approximate surface area is 186 Å². The number of esters is 1. The van der Waals surface area contributed by atoms with Gasteiger partial charge in [0.1, 0.15) is 12.4 Å². The van der Waals surface area contributed by atoms with E-state index in [-0.39, 0.29) is 19.1 Å². The zero-order chi connectivity index (χ0) is 22.5. The molecule has 164 valence electrons. The van der Waals surface area contributed by atoms with Gasteiger partial charge in [-0.2, -0.15) is 0 Å². The SMILES string of the molecule is Cc1cc(C)c(NC(=O)CNC(=O)COC(=O)C2COc3ccc(Cl)cc3C2)c(C)c1. The lowest BCUT2D eigenvalue weighted by atomic mass is 9.97. The maximum atomic E-state index is 12.3. The third-order valence-electron chi connectivity index (χ3n) is 5.00. The van der Waals surface area contributed by atoms with Crippen LogP contribution in [0.1, 0.15) is 22.3 Å². The van der Waals surface area contributed by atoms with Gasteiger partial charge >= 0.3 is 5.97 Å². The number of benzene rings is 2. The molecular formula is C23H25ClN2O5. The van der Waals surface area contributed by atoms with Gasteiger partial charge in [0, 0.05) is 10.7 Å². The van der Waals surface area contributed by atoms with E-state index in [1.165, 1.54) is 0 Å². The number of rotatable bonds is 6. The second-order valence-corrected chi connectivity index (χ2v) is 8.11. The van der Waals surface area contributed by atoms with Gasteiger partial charge in [-0.15, -0.1) is 0 Å². The van der Waals surface area contributed by atoms with Gasteiger partial charge in [0.2, 0.25) is 5.91 Å². The second kappa shape index (κ2) is 9.83. The fourth-order valence-electron chi connectivity index (χ4n) is 3.56. The summed E-state index contributed by atoms with van der Waals surface area (Å²) in [6.07, 6.45) is 0.425. The monoisotopic (exact) mass is 444 g/mol. The van der Waals surface area contributed by atoms with Crippen molar-refractivity contribution in [3.05, 3.63) is 57.6 Å². The molecule has 0 aromatic heterocycles. The highest BCUT2D eigenvalue weighted by Gasteiger charge is 2.28. The highest BCUT2D eigenvalue weighted by atomic mass is 35.5. The Balaban J connectivity index is 1.43. The number of fused-ring (bicyclic) bond motifs is 1. The van der Waals surface area contributed by atoms with Gasteiger partial charge in [-0.05, 0) is 62.1 Å². The number of hydrogen-bond acceptors (Lipinski definition) is 5. The molecule has 1 atom stereocenters. The van der Waals surface area contributed by atoms with Crippen molar-refractivity contribution >= 4 is 35.1 Å². The van der Waals surface area contributed by atoms with E-state index in [4.69, 9.17) is 21.1 Å². The van der Waals surface area contributed by atoms with Crippen molar-refractivity contribution in [2.45, 2.75) is 27.2 Å². The first-order chi connectivity index (χ1) is 14.7. The van der Waals surface area contributed by atoms with E-state index >= 15 is 0 Å². The van der Waals surface area contributed by atoms with Crippen molar-refractivity contribution in [1.82, 2.24) is 5.32 Å². The van der Waals surface area contributed by atoms with Crippen LogP contribution < -0.4 is 15.4 Å². The van der Waals surface area contributed by atoms with Crippen molar-refractivity contribution in [1.29, 1.82) is 0 Å². The minimum absolute atomic E-state index is 0.173. The number of nitrogens with one attached hydrogen (secondary N) is 2. The summed E-state index contributed by atoms with van der Waals surface area (Å²) in [4.78, 5) is 36.5. The zero-order valence-electron chi connectivity index (χ0n) is 17.7. The van der Waals surface area contributed by atoms with Crippen molar-refractivity contribution < 1.29 is 23.9 Å². The van der Waals surface area contributed by atoms with Crippen molar-refractivity contribution in [2.75, 3.05) is 25.1 Å². The third-order valence-corrected chi connectivity index (χ3v) is 5.23. The summed E-state index contributed by atoms with van der Waals surface area (Å²) < 4.78 is 10.7. The molecule has 2 aromatic carbocycles. The van der Waals surface area contributed by atoms with Crippen LogP contribution in [0, 0.1) is 26.7 Å². The molecule has 1 aliphatic rings. The summed E-state index contributed by atoms with van der Waals surface area (Å²) in [5.74, 6) is -1.27. The van der Waals surface area contributed by atoms with Crippen LogP contribution in [0.2, 0.25) is 5.02 Å². The van der Waals surface area contributed by atoms with Crippen LogP contribution in [0.4, 0.5) is 5.69 Å². The van der Waals surface area contributed by atoms with Crippen LogP contribution in [-0.4, -0.2) is 37.5 Å². The molecule has 0 radical (unpaired) electrons. The molecule has 0 spiro atoms. The number of carbonyl (C=O) groups excluding carboxylic acids is 3. The lowest BCUT2D eigenvalue weighted by Crippen LogP contribution is -2.37. The number of halogens is 1. The average Bonchev–Trinajstić information content (AvgIpc) is 2.72. The summed E-state index contributed by atoms with van der Waals surface area (Å²) in [5, 5.41) is 5.82. The van der Waals surface area contributed by atoms with Gasteiger partial charge in [-0.3, -0.25) is 14.4 Å². The minimum Gasteiger partial charge on any atom is -0.492 e. The third kappa shape index (κ3) is 5.98. The predicted molar refractivity (Wildman–Crippen MR) is 117 cm³/mol. The smallest absolute Gasteiger partial charge is 0.313 e. The van der Waals surface area contributed by atoms with E-state index in [0.717, 1.165) is 27.9 Å². The molecule has 31 heavy (non-hydrogen) atoms. The number of ether oxygens (including phenoxy) is 2. The maximum absolute atomic E-state index is 12.3. The van der Waals surface area contributed by atoms with Crippen LogP contribution in [-0.2, 0) is 25.5 Å². The molecule has 0 saturated heterocycles. The fourth-order valence-corrected chi connectivity index (χ4v) is 3.75. The molecule has 1 heterocycles. The van der Waals surface area contributed by atoms with Crippen molar-refractivity contribution in [3.63, 3.8) is 0 Å². The lowest BCUT2D eigenvalue weighted by molar-refractivity contribution is -0.153. The molecule has 0 aliphatic carbocycles.